The van der Waals surface area contributed by atoms with Crippen molar-refractivity contribution >= 4 is 13.7 Å². The van der Waals surface area contributed by atoms with E-state index in [0.717, 1.165) is 16.7 Å². The summed E-state index contributed by atoms with van der Waals surface area (Å²) in [6, 6.07) is 17.0. The van der Waals surface area contributed by atoms with Gasteiger partial charge in [0.05, 0.1) is 5.92 Å². The van der Waals surface area contributed by atoms with Crippen LogP contribution in [0.25, 0.3) is 0 Å². The van der Waals surface area contributed by atoms with Crippen molar-refractivity contribution in [2.75, 3.05) is 6.16 Å². The third-order valence-electron chi connectivity index (χ3n) is 4.68. The van der Waals surface area contributed by atoms with Crippen LogP contribution in [0.1, 0.15) is 23.1 Å². The maximum atomic E-state index is 11.6. The van der Waals surface area contributed by atoms with Crippen LogP contribution in [-0.4, -0.2) is 32.8 Å². The number of carbonyl (C=O) groups is 1. The van der Waals surface area contributed by atoms with E-state index < -0.39 is 25.4 Å². The van der Waals surface area contributed by atoms with Crippen molar-refractivity contribution in [2.45, 2.75) is 31.6 Å². The van der Waals surface area contributed by atoms with Gasteiger partial charge in [-0.05, 0) is 29.5 Å². The molecule has 2 atom stereocenters. The number of nitrogens with two attached hydrogens (primary N) is 2. The standard InChI is InChI=1S/C20H27N2O4P/c21-13-17-8-6-16(7-9-17)12-18(20(23)24)14-27(25,26)19(22)11-10-15-4-2-1-3-5-15/h1-9,18-19,25-26H,10-14,21-22H2/p+1/t18-,19-/m1/s1. The highest BCUT2D eigenvalue weighted by Crippen LogP contribution is 2.55. The molecule has 6 nitrogen and oxygen atoms in total. The maximum absolute atomic E-state index is 11.6. The van der Waals surface area contributed by atoms with Crippen LogP contribution >= 0.6 is 7.72 Å². The van der Waals surface area contributed by atoms with Crippen molar-refractivity contribution in [3.05, 3.63) is 71.3 Å². The molecule has 0 aliphatic rings. The van der Waals surface area contributed by atoms with Crippen LogP contribution in [0.15, 0.2) is 54.6 Å². The second-order valence-electron chi connectivity index (χ2n) is 6.82. The van der Waals surface area contributed by atoms with Gasteiger partial charge in [-0.3, -0.25) is 10.5 Å². The fourth-order valence-corrected chi connectivity index (χ4v) is 4.70. The molecule has 2 aromatic rings. The van der Waals surface area contributed by atoms with Crippen molar-refractivity contribution in [3.63, 3.8) is 0 Å². The molecule has 146 valence electrons. The van der Waals surface area contributed by atoms with E-state index in [9.17, 15) is 19.7 Å². The monoisotopic (exact) mass is 391 g/mol. The van der Waals surface area contributed by atoms with Crippen molar-refractivity contribution in [1.29, 1.82) is 0 Å². The summed E-state index contributed by atoms with van der Waals surface area (Å²) in [6.45, 7) is 0.417. The number of rotatable bonds is 10. The number of aliphatic carboxylic acids is 1. The highest BCUT2D eigenvalue weighted by Gasteiger charge is 2.45. The van der Waals surface area contributed by atoms with Crippen LogP contribution in [0.4, 0.5) is 0 Å². The Bertz CT molecular complexity index is 723. The summed E-state index contributed by atoms with van der Waals surface area (Å²) in [5.41, 5.74) is 14.4. The van der Waals surface area contributed by atoms with Crippen LogP contribution in [-0.2, 0) is 24.2 Å². The van der Waals surface area contributed by atoms with Gasteiger partial charge in [-0.15, -0.1) is 0 Å². The SMILES string of the molecule is NCc1ccc(C[C@H](C[P+](O)(O)[C@@H](N)CCc2ccccc2)C(=O)O)cc1. The molecule has 2 rings (SSSR count). The highest BCUT2D eigenvalue weighted by atomic mass is 31.2. The van der Waals surface area contributed by atoms with Crippen LogP contribution in [0, 0.1) is 5.92 Å². The van der Waals surface area contributed by atoms with E-state index in [1.165, 1.54) is 0 Å². The molecular weight excluding hydrogens is 363 g/mol. The Hall–Kier alpha value is -1.82. The molecule has 0 saturated carbocycles. The smallest absolute Gasteiger partial charge is 0.310 e. The lowest BCUT2D eigenvalue weighted by molar-refractivity contribution is -0.141. The largest absolute Gasteiger partial charge is 0.481 e. The van der Waals surface area contributed by atoms with E-state index in [1.54, 1.807) is 0 Å². The van der Waals surface area contributed by atoms with Gasteiger partial charge in [0.25, 0.3) is 7.72 Å². The number of hydrogen-bond donors (Lipinski definition) is 5. The Morgan fingerprint density at radius 3 is 2.11 bits per heavy atom. The molecular formula is C20H28N2O4P+. The number of hydrogen-bond acceptors (Lipinski definition) is 5. The third-order valence-corrected chi connectivity index (χ3v) is 6.98. The molecule has 27 heavy (non-hydrogen) atoms. The zero-order chi connectivity index (χ0) is 19.9. The Labute approximate surface area is 160 Å². The van der Waals surface area contributed by atoms with Gasteiger partial charge >= 0.3 is 5.97 Å². The molecule has 0 unspecified atom stereocenters. The molecule has 0 spiro atoms. The van der Waals surface area contributed by atoms with Crippen LogP contribution in [0.5, 0.6) is 0 Å². The summed E-state index contributed by atoms with van der Waals surface area (Å²) in [7, 11) is -3.56. The summed E-state index contributed by atoms with van der Waals surface area (Å²) in [5, 5.41) is 9.52. The quantitative estimate of drug-likeness (QED) is 0.395. The Morgan fingerprint density at radius 1 is 0.963 bits per heavy atom. The second-order valence-corrected chi connectivity index (χ2v) is 9.42. The normalized spacial score (nSPS) is 13.9. The van der Waals surface area contributed by atoms with Crippen molar-refractivity contribution in [2.24, 2.45) is 17.4 Å². The number of aryl methyl sites for hydroxylation is 1. The number of carboxylic acid groups (broad SMARTS) is 1. The average Bonchev–Trinajstić information content (AvgIpc) is 2.66. The molecule has 0 fully saturated rings. The van der Waals surface area contributed by atoms with E-state index in [1.807, 2.05) is 54.6 Å². The van der Waals surface area contributed by atoms with Crippen molar-refractivity contribution < 1.29 is 19.7 Å². The summed E-state index contributed by atoms with van der Waals surface area (Å²) < 4.78 is 0. The molecule has 0 radical (unpaired) electrons. The van der Waals surface area contributed by atoms with Gasteiger partial charge in [-0.1, -0.05) is 54.6 Å². The highest BCUT2D eigenvalue weighted by molar-refractivity contribution is 7.65. The molecule has 0 amide bonds. The first-order valence-electron chi connectivity index (χ1n) is 8.95. The zero-order valence-electron chi connectivity index (χ0n) is 15.2. The van der Waals surface area contributed by atoms with E-state index in [4.69, 9.17) is 11.5 Å². The maximum Gasteiger partial charge on any atom is 0.310 e. The molecule has 2 aromatic carbocycles. The van der Waals surface area contributed by atoms with Gasteiger partial charge in [0.1, 0.15) is 6.16 Å². The molecule has 7 heteroatoms. The minimum Gasteiger partial charge on any atom is -0.481 e. The summed E-state index contributed by atoms with van der Waals surface area (Å²) in [5.74, 6) is -2.79. The molecule has 0 aliphatic heterocycles. The third kappa shape index (κ3) is 6.69. The lowest BCUT2D eigenvalue weighted by Gasteiger charge is -2.22. The topological polar surface area (TPSA) is 130 Å². The first kappa shape index (κ1) is 21.5. The Kier molecular flexibility index (Phi) is 7.90. The van der Waals surface area contributed by atoms with Crippen LogP contribution in [0.2, 0.25) is 0 Å². The van der Waals surface area contributed by atoms with E-state index in [2.05, 4.69) is 0 Å². The van der Waals surface area contributed by atoms with Gasteiger partial charge in [0, 0.05) is 13.0 Å². The summed E-state index contributed by atoms with van der Waals surface area (Å²) in [4.78, 5) is 32.6. The zero-order valence-corrected chi connectivity index (χ0v) is 16.1. The van der Waals surface area contributed by atoms with Crippen molar-refractivity contribution in [3.8, 4) is 0 Å². The molecule has 0 aromatic heterocycles. The Balaban J connectivity index is 1.98. The Morgan fingerprint density at radius 2 is 1.56 bits per heavy atom. The lowest BCUT2D eigenvalue weighted by Crippen LogP contribution is -2.31. The van der Waals surface area contributed by atoms with Gasteiger partial charge in [-0.2, -0.15) is 0 Å². The molecule has 7 N–H and O–H groups in total. The first-order chi connectivity index (χ1) is 12.8. The van der Waals surface area contributed by atoms with Crippen LogP contribution in [0.3, 0.4) is 0 Å². The number of benzene rings is 2. The van der Waals surface area contributed by atoms with Gasteiger partial charge in [0.2, 0.25) is 0 Å². The second kappa shape index (κ2) is 9.93. The summed E-state index contributed by atoms with van der Waals surface area (Å²) >= 11 is 0. The minimum absolute atomic E-state index is 0.217. The molecule has 0 aliphatic carbocycles. The van der Waals surface area contributed by atoms with Gasteiger partial charge in [-0.25, -0.2) is 9.79 Å². The molecule has 0 saturated heterocycles. The van der Waals surface area contributed by atoms with Gasteiger partial charge in [0.15, 0.2) is 5.78 Å². The predicted octanol–water partition coefficient (Wildman–Crippen LogP) is 2.14. The summed E-state index contributed by atoms with van der Waals surface area (Å²) in [6.07, 6.45) is 0.997. The van der Waals surface area contributed by atoms with E-state index >= 15 is 0 Å². The molecule has 0 heterocycles. The number of carboxylic acids is 1. The van der Waals surface area contributed by atoms with Crippen LogP contribution < -0.4 is 11.5 Å². The molecule has 0 bridgehead atoms. The average molecular weight is 391 g/mol. The fraction of sp³-hybridized carbons (Fsp3) is 0.350. The minimum atomic E-state index is -3.56. The lowest BCUT2D eigenvalue weighted by atomic mass is 10.00. The van der Waals surface area contributed by atoms with Crippen molar-refractivity contribution in [1.82, 2.24) is 0 Å². The van der Waals surface area contributed by atoms with E-state index in [-0.39, 0.29) is 12.6 Å². The van der Waals surface area contributed by atoms with Gasteiger partial charge < -0.3 is 10.8 Å². The fourth-order valence-electron chi connectivity index (χ4n) is 2.95. The predicted molar refractivity (Wildman–Crippen MR) is 108 cm³/mol. The first-order valence-corrected chi connectivity index (χ1v) is 10.9. The van der Waals surface area contributed by atoms with E-state index in [0.29, 0.717) is 19.4 Å².